The third kappa shape index (κ3) is 3.78. The minimum absolute atomic E-state index is 0.0983. The Bertz CT molecular complexity index is 1190. The van der Waals surface area contributed by atoms with E-state index in [4.69, 9.17) is 0 Å². The zero-order chi connectivity index (χ0) is 21.3. The standard InChI is InChI=1S/C23H20F2N4O/c1-14-8-10-17(11-9-14)19-12-20(21(24)25)29-22(28-19)18(13-26-29)23(30)27-15(2)16-6-4-3-5-7-16/h3-13,15,21H,1-2H3,(H,27,30)/t15-/m1/s1. The summed E-state index contributed by atoms with van der Waals surface area (Å²) in [5.74, 6) is -0.421. The summed E-state index contributed by atoms with van der Waals surface area (Å²) in [6, 6.07) is 17.9. The van der Waals surface area contributed by atoms with Gasteiger partial charge in [-0.1, -0.05) is 60.2 Å². The maximum Gasteiger partial charge on any atom is 0.280 e. The lowest BCUT2D eigenvalue weighted by Crippen LogP contribution is -2.26. The molecule has 2 aromatic carbocycles. The van der Waals surface area contributed by atoms with Gasteiger partial charge in [0.2, 0.25) is 0 Å². The van der Waals surface area contributed by atoms with Gasteiger partial charge in [-0.3, -0.25) is 4.79 Å². The summed E-state index contributed by atoms with van der Waals surface area (Å²) in [5.41, 5.74) is 2.97. The number of aromatic nitrogens is 3. The molecule has 2 heterocycles. The molecule has 1 amide bonds. The molecular weight excluding hydrogens is 386 g/mol. The van der Waals surface area contributed by atoms with Crippen LogP contribution >= 0.6 is 0 Å². The fourth-order valence-electron chi connectivity index (χ4n) is 3.27. The molecule has 0 saturated heterocycles. The Kier molecular flexibility index (Phi) is 5.27. The first-order chi connectivity index (χ1) is 14.4. The van der Waals surface area contributed by atoms with E-state index in [1.807, 2.05) is 68.4 Å². The number of carbonyl (C=O) groups excluding carboxylic acids is 1. The van der Waals surface area contributed by atoms with Gasteiger partial charge in [0.25, 0.3) is 12.3 Å². The number of fused-ring (bicyclic) bond motifs is 1. The van der Waals surface area contributed by atoms with Crippen LogP contribution in [0.3, 0.4) is 0 Å². The van der Waals surface area contributed by atoms with Crippen LogP contribution in [0, 0.1) is 6.92 Å². The lowest BCUT2D eigenvalue weighted by Gasteiger charge is -2.14. The number of benzene rings is 2. The van der Waals surface area contributed by atoms with Crippen molar-refractivity contribution in [3.05, 3.63) is 89.2 Å². The number of aryl methyl sites for hydroxylation is 1. The highest BCUT2D eigenvalue weighted by molar-refractivity contribution is 6.00. The van der Waals surface area contributed by atoms with Crippen LogP contribution in [-0.2, 0) is 0 Å². The Morgan fingerprint density at radius 3 is 2.43 bits per heavy atom. The molecule has 1 atom stereocenters. The second kappa shape index (κ2) is 8.02. The van der Waals surface area contributed by atoms with Gasteiger partial charge < -0.3 is 5.32 Å². The van der Waals surface area contributed by atoms with Crippen molar-refractivity contribution in [2.45, 2.75) is 26.3 Å². The summed E-state index contributed by atoms with van der Waals surface area (Å²) in [6.07, 6.45) is -1.49. The zero-order valence-corrected chi connectivity index (χ0v) is 16.5. The van der Waals surface area contributed by atoms with Gasteiger partial charge in [-0.2, -0.15) is 5.10 Å². The SMILES string of the molecule is Cc1ccc(-c2cc(C(F)F)n3ncc(C(=O)N[C@H](C)c4ccccc4)c3n2)cc1. The predicted octanol–water partition coefficient (Wildman–Crippen LogP) is 5.13. The number of halogens is 2. The van der Waals surface area contributed by atoms with Crippen LogP contribution in [-0.4, -0.2) is 20.5 Å². The number of alkyl halides is 2. The fourth-order valence-corrected chi connectivity index (χ4v) is 3.27. The van der Waals surface area contributed by atoms with Crippen LogP contribution < -0.4 is 5.32 Å². The Balaban J connectivity index is 1.75. The summed E-state index contributed by atoms with van der Waals surface area (Å²) >= 11 is 0. The molecule has 30 heavy (non-hydrogen) atoms. The van der Waals surface area contributed by atoms with E-state index >= 15 is 0 Å². The van der Waals surface area contributed by atoms with Gasteiger partial charge in [0.05, 0.1) is 17.9 Å². The molecule has 0 aliphatic heterocycles. The highest BCUT2D eigenvalue weighted by Gasteiger charge is 2.22. The van der Waals surface area contributed by atoms with E-state index in [0.29, 0.717) is 11.3 Å². The minimum Gasteiger partial charge on any atom is -0.345 e. The van der Waals surface area contributed by atoms with E-state index in [1.54, 1.807) is 0 Å². The molecule has 0 spiro atoms. The molecule has 0 saturated carbocycles. The molecule has 0 aliphatic rings. The van der Waals surface area contributed by atoms with Gasteiger partial charge in [-0.25, -0.2) is 18.3 Å². The molecule has 4 rings (SSSR count). The number of carbonyl (C=O) groups is 1. The predicted molar refractivity (Wildman–Crippen MR) is 110 cm³/mol. The Morgan fingerprint density at radius 2 is 1.77 bits per heavy atom. The first-order valence-corrected chi connectivity index (χ1v) is 9.53. The first-order valence-electron chi connectivity index (χ1n) is 9.53. The Labute approximate surface area is 172 Å². The van der Waals surface area contributed by atoms with Crippen molar-refractivity contribution in [1.82, 2.24) is 19.9 Å². The van der Waals surface area contributed by atoms with Crippen LogP contribution in [0.1, 0.15) is 46.6 Å². The Morgan fingerprint density at radius 1 is 1.07 bits per heavy atom. The lowest BCUT2D eigenvalue weighted by molar-refractivity contribution is 0.0941. The smallest absolute Gasteiger partial charge is 0.280 e. The van der Waals surface area contributed by atoms with Crippen molar-refractivity contribution in [2.75, 3.05) is 0 Å². The lowest BCUT2D eigenvalue weighted by atomic mass is 10.1. The number of rotatable bonds is 5. The molecule has 152 valence electrons. The second-order valence-electron chi connectivity index (χ2n) is 7.13. The molecule has 7 heteroatoms. The van der Waals surface area contributed by atoms with Crippen LogP contribution in [0.25, 0.3) is 16.9 Å². The van der Waals surface area contributed by atoms with E-state index in [9.17, 15) is 13.6 Å². The normalized spacial score (nSPS) is 12.3. The summed E-state index contributed by atoms with van der Waals surface area (Å²) in [5, 5.41) is 6.89. The molecule has 0 fully saturated rings. The largest absolute Gasteiger partial charge is 0.345 e. The van der Waals surface area contributed by atoms with Crippen LogP contribution in [0.2, 0.25) is 0 Å². The van der Waals surface area contributed by atoms with Gasteiger partial charge in [0.15, 0.2) is 5.65 Å². The van der Waals surface area contributed by atoms with E-state index in [2.05, 4.69) is 15.4 Å². The topological polar surface area (TPSA) is 59.3 Å². The summed E-state index contributed by atoms with van der Waals surface area (Å²) in [4.78, 5) is 17.4. The quantitative estimate of drug-likeness (QED) is 0.500. The number of hydrogen-bond donors (Lipinski definition) is 1. The molecule has 5 nitrogen and oxygen atoms in total. The number of hydrogen-bond acceptors (Lipinski definition) is 3. The molecule has 0 aliphatic carbocycles. The highest BCUT2D eigenvalue weighted by Crippen LogP contribution is 2.27. The Hall–Kier alpha value is -3.61. The van der Waals surface area contributed by atoms with Crippen LogP contribution in [0.15, 0.2) is 66.9 Å². The van der Waals surface area contributed by atoms with E-state index < -0.39 is 12.3 Å². The van der Waals surface area contributed by atoms with Gasteiger partial charge in [-0.05, 0) is 25.5 Å². The maximum absolute atomic E-state index is 13.7. The van der Waals surface area contributed by atoms with E-state index in [-0.39, 0.29) is 22.9 Å². The molecule has 1 N–H and O–H groups in total. The molecule has 0 radical (unpaired) electrons. The van der Waals surface area contributed by atoms with Crippen molar-refractivity contribution in [2.24, 2.45) is 0 Å². The zero-order valence-electron chi connectivity index (χ0n) is 16.5. The molecule has 4 aromatic rings. The van der Waals surface area contributed by atoms with E-state index in [1.165, 1.54) is 12.3 Å². The molecule has 0 bridgehead atoms. The average Bonchev–Trinajstić information content (AvgIpc) is 3.18. The van der Waals surface area contributed by atoms with Crippen molar-refractivity contribution >= 4 is 11.6 Å². The van der Waals surface area contributed by atoms with Crippen molar-refractivity contribution in [1.29, 1.82) is 0 Å². The maximum atomic E-state index is 13.7. The van der Waals surface area contributed by atoms with Gasteiger partial charge in [0.1, 0.15) is 11.3 Å². The van der Waals surface area contributed by atoms with Crippen molar-refractivity contribution in [3.63, 3.8) is 0 Å². The molecular formula is C23H20F2N4O. The molecule has 0 unspecified atom stereocenters. The minimum atomic E-state index is -2.77. The number of nitrogens with one attached hydrogen (secondary N) is 1. The first kappa shape index (κ1) is 19.7. The van der Waals surface area contributed by atoms with Crippen LogP contribution in [0.4, 0.5) is 8.78 Å². The highest BCUT2D eigenvalue weighted by atomic mass is 19.3. The summed E-state index contributed by atoms with van der Waals surface area (Å²) < 4.78 is 28.5. The second-order valence-corrected chi connectivity index (χ2v) is 7.13. The van der Waals surface area contributed by atoms with Crippen LogP contribution in [0.5, 0.6) is 0 Å². The van der Waals surface area contributed by atoms with Gasteiger partial charge in [0, 0.05) is 5.56 Å². The third-order valence-electron chi connectivity index (χ3n) is 4.96. The summed E-state index contributed by atoms with van der Waals surface area (Å²) in [6.45, 7) is 3.80. The van der Waals surface area contributed by atoms with Crippen molar-refractivity contribution in [3.8, 4) is 11.3 Å². The fraction of sp³-hybridized carbons (Fsp3) is 0.174. The number of nitrogens with zero attached hydrogens (tertiary/aromatic N) is 3. The summed E-state index contributed by atoms with van der Waals surface area (Å²) in [7, 11) is 0. The number of amides is 1. The van der Waals surface area contributed by atoms with E-state index in [0.717, 1.165) is 15.6 Å². The van der Waals surface area contributed by atoms with Gasteiger partial charge >= 0.3 is 0 Å². The monoisotopic (exact) mass is 406 g/mol. The van der Waals surface area contributed by atoms with Crippen molar-refractivity contribution < 1.29 is 13.6 Å². The average molecular weight is 406 g/mol. The van der Waals surface area contributed by atoms with Gasteiger partial charge in [-0.15, -0.1) is 0 Å². The molecule has 2 aromatic heterocycles. The third-order valence-corrected chi connectivity index (χ3v) is 4.96.